The molecule has 21 heavy (non-hydrogen) atoms. The molecule has 0 spiro atoms. The molecule has 2 N–H and O–H groups in total. The van der Waals surface area contributed by atoms with Gasteiger partial charge in [0.25, 0.3) is 0 Å². The minimum absolute atomic E-state index is 0.161. The van der Waals surface area contributed by atoms with E-state index in [1.54, 1.807) is 12.1 Å². The number of anilines is 1. The number of nitrogens with one attached hydrogen (secondary N) is 1. The first kappa shape index (κ1) is 16.2. The fourth-order valence-corrected chi connectivity index (χ4v) is 3.27. The minimum Gasteiger partial charge on any atom is -0.394 e. The largest absolute Gasteiger partial charge is 0.394 e. The van der Waals surface area contributed by atoms with Crippen LogP contribution >= 0.6 is 0 Å². The predicted octanol–water partition coefficient (Wildman–Crippen LogP) is 2.72. The van der Waals surface area contributed by atoms with Gasteiger partial charge in [-0.05, 0) is 49.9 Å². The van der Waals surface area contributed by atoms with E-state index in [4.69, 9.17) is 0 Å². The van der Waals surface area contributed by atoms with Crippen molar-refractivity contribution in [3.8, 4) is 0 Å². The molecule has 0 fully saturated rings. The Kier molecular flexibility index (Phi) is 5.59. The number of rotatable bonds is 8. The van der Waals surface area contributed by atoms with Gasteiger partial charge in [0, 0.05) is 24.3 Å². The molecule has 2 rings (SSSR count). The van der Waals surface area contributed by atoms with Gasteiger partial charge in [-0.25, -0.2) is 4.39 Å². The minimum atomic E-state index is -0.167. The summed E-state index contributed by atoms with van der Waals surface area (Å²) in [6.45, 7) is 7.11. The summed E-state index contributed by atoms with van der Waals surface area (Å²) in [6, 6.07) is 5.08. The number of aliphatic hydroxyl groups is 1. The molecule has 1 aliphatic heterocycles. The molecule has 1 heterocycles. The number of hydrogen-bond donors (Lipinski definition) is 2. The van der Waals surface area contributed by atoms with E-state index in [2.05, 4.69) is 24.1 Å². The summed E-state index contributed by atoms with van der Waals surface area (Å²) in [4.78, 5) is 2.27. The lowest BCUT2D eigenvalue weighted by Gasteiger charge is -2.32. The molecule has 0 aromatic heterocycles. The Labute approximate surface area is 127 Å². The van der Waals surface area contributed by atoms with Crippen LogP contribution in [0.3, 0.4) is 0 Å². The number of fused-ring (bicyclic) bond motifs is 1. The molecular formula is C17H27FN2O. The second-order valence-corrected chi connectivity index (χ2v) is 5.94. The molecule has 0 saturated carbocycles. The average Bonchev–Trinajstić information content (AvgIpc) is 2.89. The molecule has 1 atom stereocenters. The molecular weight excluding hydrogens is 267 g/mol. The van der Waals surface area contributed by atoms with E-state index in [-0.39, 0.29) is 18.0 Å². The van der Waals surface area contributed by atoms with Gasteiger partial charge in [-0.15, -0.1) is 0 Å². The highest BCUT2D eigenvalue weighted by Crippen LogP contribution is 2.29. The molecule has 118 valence electrons. The Balaban J connectivity index is 1.92. The van der Waals surface area contributed by atoms with Crippen LogP contribution in [0, 0.1) is 5.82 Å². The third-order valence-corrected chi connectivity index (χ3v) is 4.65. The molecule has 1 aromatic rings. The first-order valence-electron chi connectivity index (χ1n) is 8.03. The number of aliphatic hydroxyl groups excluding tert-OH is 1. The van der Waals surface area contributed by atoms with Crippen LogP contribution in [-0.2, 0) is 6.42 Å². The van der Waals surface area contributed by atoms with Crippen LogP contribution < -0.4 is 10.2 Å². The highest BCUT2D eigenvalue weighted by molar-refractivity contribution is 5.58. The molecule has 1 aromatic carbocycles. The van der Waals surface area contributed by atoms with Crippen LogP contribution in [0.25, 0.3) is 0 Å². The molecule has 1 unspecified atom stereocenters. The van der Waals surface area contributed by atoms with Crippen LogP contribution in [0.15, 0.2) is 18.2 Å². The van der Waals surface area contributed by atoms with E-state index in [9.17, 15) is 9.50 Å². The lowest BCUT2D eigenvalue weighted by molar-refractivity contribution is 0.147. The van der Waals surface area contributed by atoms with Crippen molar-refractivity contribution in [3.05, 3.63) is 29.6 Å². The molecule has 0 bridgehead atoms. The molecule has 0 aliphatic carbocycles. The van der Waals surface area contributed by atoms with Crippen LogP contribution in [0.4, 0.5) is 10.1 Å². The average molecular weight is 294 g/mol. The van der Waals surface area contributed by atoms with Crippen molar-refractivity contribution in [2.75, 3.05) is 31.1 Å². The summed E-state index contributed by atoms with van der Waals surface area (Å²) in [6.07, 6.45) is 3.86. The van der Waals surface area contributed by atoms with Crippen molar-refractivity contribution in [3.63, 3.8) is 0 Å². The predicted molar refractivity (Wildman–Crippen MR) is 85.3 cm³/mol. The number of halogens is 1. The van der Waals surface area contributed by atoms with Gasteiger partial charge in [-0.2, -0.15) is 0 Å². The smallest absolute Gasteiger partial charge is 0.125 e. The Morgan fingerprint density at radius 3 is 2.86 bits per heavy atom. The Bertz CT molecular complexity index is 460. The van der Waals surface area contributed by atoms with E-state index >= 15 is 0 Å². The highest BCUT2D eigenvalue weighted by Gasteiger charge is 2.26. The fraction of sp³-hybridized carbons (Fsp3) is 0.647. The Morgan fingerprint density at radius 1 is 1.38 bits per heavy atom. The maximum Gasteiger partial charge on any atom is 0.125 e. The molecule has 0 radical (unpaired) electrons. The van der Waals surface area contributed by atoms with E-state index in [1.807, 2.05) is 6.07 Å². The zero-order valence-electron chi connectivity index (χ0n) is 13.2. The van der Waals surface area contributed by atoms with Gasteiger partial charge >= 0.3 is 0 Å². The van der Waals surface area contributed by atoms with E-state index in [1.165, 1.54) is 5.56 Å². The van der Waals surface area contributed by atoms with Crippen LogP contribution in [0.5, 0.6) is 0 Å². The number of hydrogen-bond acceptors (Lipinski definition) is 3. The third kappa shape index (κ3) is 3.74. The molecule has 0 saturated heterocycles. The monoisotopic (exact) mass is 294 g/mol. The van der Waals surface area contributed by atoms with Gasteiger partial charge in [0.05, 0.1) is 6.61 Å². The van der Waals surface area contributed by atoms with Crippen molar-refractivity contribution in [1.29, 1.82) is 0 Å². The lowest BCUT2D eigenvalue weighted by atomic mass is 9.91. The number of nitrogens with zero attached hydrogens (tertiary/aromatic N) is 1. The summed E-state index contributed by atoms with van der Waals surface area (Å²) in [5, 5.41) is 13.1. The standard InChI is InChI=1S/C17H27FN2O/c1-3-17(13-21,19-4-2)9-5-10-20-11-8-14-6-7-15(18)12-16(14)20/h6-7,12,19,21H,3-5,8-11,13H2,1-2H3. The van der Waals surface area contributed by atoms with Gasteiger partial charge < -0.3 is 15.3 Å². The zero-order chi connectivity index (χ0) is 15.3. The fourth-order valence-electron chi connectivity index (χ4n) is 3.27. The topological polar surface area (TPSA) is 35.5 Å². The summed E-state index contributed by atoms with van der Waals surface area (Å²) in [5.74, 6) is -0.161. The summed E-state index contributed by atoms with van der Waals surface area (Å²) in [5.41, 5.74) is 2.12. The first-order valence-corrected chi connectivity index (χ1v) is 8.03. The molecule has 0 amide bonds. The van der Waals surface area contributed by atoms with E-state index in [0.717, 1.165) is 51.0 Å². The Hall–Kier alpha value is -1.13. The van der Waals surface area contributed by atoms with Crippen molar-refractivity contribution in [1.82, 2.24) is 5.32 Å². The van der Waals surface area contributed by atoms with E-state index < -0.39 is 0 Å². The van der Waals surface area contributed by atoms with Crippen molar-refractivity contribution in [2.24, 2.45) is 0 Å². The second-order valence-electron chi connectivity index (χ2n) is 5.94. The second kappa shape index (κ2) is 7.23. The van der Waals surface area contributed by atoms with Crippen molar-refractivity contribution < 1.29 is 9.50 Å². The van der Waals surface area contributed by atoms with Gasteiger partial charge in [0.1, 0.15) is 5.82 Å². The summed E-state index contributed by atoms with van der Waals surface area (Å²) in [7, 11) is 0. The van der Waals surface area contributed by atoms with Crippen molar-refractivity contribution >= 4 is 5.69 Å². The maximum absolute atomic E-state index is 13.4. The molecule has 4 heteroatoms. The van der Waals surface area contributed by atoms with Gasteiger partial charge in [-0.1, -0.05) is 19.9 Å². The SMILES string of the molecule is CCNC(CC)(CO)CCCN1CCc2ccc(F)cc21. The Morgan fingerprint density at radius 2 is 2.19 bits per heavy atom. The summed E-state index contributed by atoms with van der Waals surface area (Å²) >= 11 is 0. The molecule has 1 aliphatic rings. The first-order chi connectivity index (χ1) is 10.1. The third-order valence-electron chi connectivity index (χ3n) is 4.65. The maximum atomic E-state index is 13.4. The van der Waals surface area contributed by atoms with Crippen LogP contribution in [-0.4, -0.2) is 36.9 Å². The molecule has 3 nitrogen and oxygen atoms in total. The van der Waals surface area contributed by atoms with Crippen LogP contribution in [0.1, 0.15) is 38.7 Å². The normalized spacial score (nSPS) is 16.9. The van der Waals surface area contributed by atoms with Crippen LogP contribution in [0.2, 0.25) is 0 Å². The lowest BCUT2D eigenvalue weighted by Crippen LogP contribution is -2.48. The van der Waals surface area contributed by atoms with Gasteiger partial charge in [0.15, 0.2) is 0 Å². The van der Waals surface area contributed by atoms with Crippen molar-refractivity contribution in [2.45, 2.75) is 45.1 Å². The highest BCUT2D eigenvalue weighted by atomic mass is 19.1. The van der Waals surface area contributed by atoms with Gasteiger partial charge in [0.2, 0.25) is 0 Å². The zero-order valence-corrected chi connectivity index (χ0v) is 13.2. The number of likely N-dealkylation sites (N-methyl/N-ethyl adjacent to an activating group) is 1. The summed E-state index contributed by atoms with van der Waals surface area (Å²) < 4.78 is 13.4. The quantitative estimate of drug-likeness (QED) is 0.774. The van der Waals surface area contributed by atoms with E-state index in [0.29, 0.717) is 0 Å². The van der Waals surface area contributed by atoms with Gasteiger partial charge in [-0.3, -0.25) is 0 Å². The number of benzene rings is 1.